The number of likely N-dealkylation sites (tertiary alicyclic amines) is 1. The van der Waals surface area contributed by atoms with Gasteiger partial charge in [-0.2, -0.15) is 0 Å². The van der Waals surface area contributed by atoms with Gasteiger partial charge in [-0.3, -0.25) is 9.59 Å². The third-order valence-corrected chi connectivity index (χ3v) is 4.81. The lowest BCUT2D eigenvalue weighted by atomic mass is 10.0. The maximum Gasteiger partial charge on any atom is 0.260 e. The number of aryl methyl sites for hydroxylation is 1. The summed E-state index contributed by atoms with van der Waals surface area (Å²) >= 11 is 5.87. The van der Waals surface area contributed by atoms with Crippen LogP contribution in [0.5, 0.6) is 0 Å². The van der Waals surface area contributed by atoms with Gasteiger partial charge in [0.2, 0.25) is 5.91 Å². The van der Waals surface area contributed by atoms with Crippen LogP contribution in [-0.2, 0) is 4.79 Å². The Hall–Kier alpha value is -2.34. The van der Waals surface area contributed by atoms with Gasteiger partial charge in [0.15, 0.2) is 5.76 Å². The zero-order chi connectivity index (χ0) is 18.8. The monoisotopic (exact) mass is 375 g/mol. The summed E-state index contributed by atoms with van der Waals surface area (Å²) in [5, 5.41) is 7.40. The van der Waals surface area contributed by atoms with Crippen molar-refractivity contribution in [3.63, 3.8) is 0 Å². The number of nitrogens with zero attached hydrogens (tertiary/aromatic N) is 2. The van der Waals surface area contributed by atoms with E-state index in [-0.39, 0.29) is 17.7 Å². The molecule has 1 aliphatic rings. The molecule has 0 spiro atoms. The second-order valence-electron chi connectivity index (χ2n) is 6.81. The Morgan fingerprint density at radius 1 is 1.31 bits per heavy atom. The molecule has 1 aliphatic heterocycles. The van der Waals surface area contributed by atoms with Crippen molar-refractivity contribution in [3.05, 3.63) is 46.3 Å². The normalized spacial score (nSPS) is 17.0. The fourth-order valence-electron chi connectivity index (χ4n) is 3.23. The van der Waals surface area contributed by atoms with Crippen LogP contribution in [0.1, 0.15) is 54.4 Å². The molecule has 6 nitrogen and oxygen atoms in total. The van der Waals surface area contributed by atoms with Gasteiger partial charge in [-0.15, -0.1) is 0 Å². The first-order chi connectivity index (χ1) is 12.4. The Bertz CT molecular complexity index is 814. The van der Waals surface area contributed by atoms with E-state index < -0.39 is 6.04 Å². The average Bonchev–Trinajstić information content (AvgIpc) is 3.23. The number of carbonyl (C=O) groups excluding carboxylic acids is 2. The lowest BCUT2D eigenvalue weighted by Gasteiger charge is -2.24. The zero-order valence-electron chi connectivity index (χ0n) is 15.1. The van der Waals surface area contributed by atoms with Crippen molar-refractivity contribution in [1.29, 1.82) is 0 Å². The van der Waals surface area contributed by atoms with E-state index in [9.17, 15) is 9.59 Å². The van der Waals surface area contributed by atoms with E-state index in [1.807, 2.05) is 13.8 Å². The zero-order valence-corrected chi connectivity index (χ0v) is 15.8. The van der Waals surface area contributed by atoms with Gasteiger partial charge in [0, 0.05) is 23.2 Å². The third-order valence-electron chi connectivity index (χ3n) is 4.56. The Morgan fingerprint density at radius 2 is 2.00 bits per heavy atom. The minimum Gasteiger partial charge on any atom is -0.360 e. The van der Waals surface area contributed by atoms with Gasteiger partial charge in [-0.25, -0.2) is 0 Å². The highest BCUT2D eigenvalue weighted by atomic mass is 35.5. The molecule has 1 aromatic heterocycles. The number of rotatable bonds is 4. The van der Waals surface area contributed by atoms with Crippen molar-refractivity contribution in [1.82, 2.24) is 10.1 Å². The molecule has 1 atom stereocenters. The second kappa shape index (κ2) is 7.50. The van der Waals surface area contributed by atoms with Crippen LogP contribution >= 0.6 is 11.6 Å². The van der Waals surface area contributed by atoms with Crippen LogP contribution in [0.3, 0.4) is 0 Å². The molecule has 0 saturated carbocycles. The highest BCUT2D eigenvalue weighted by Crippen LogP contribution is 2.28. The van der Waals surface area contributed by atoms with Crippen LogP contribution < -0.4 is 5.32 Å². The summed E-state index contributed by atoms with van der Waals surface area (Å²) in [5.74, 6) is 0.218. The number of hydrogen-bond donors (Lipinski definition) is 1. The summed E-state index contributed by atoms with van der Waals surface area (Å²) in [5.41, 5.74) is 1.69. The van der Waals surface area contributed by atoms with E-state index in [0.717, 1.165) is 6.42 Å². The van der Waals surface area contributed by atoms with Crippen LogP contribution in [0.4, 0.5) is 5.69 Å². The second-order valence-corrected chi connectivity index (χ2v) is 7.25. The van der Waals surface area contributed by atoms with Crippen LogP contribution in [-0.4, -0.2) is 34.5 Å². The molecular weight excluding hydrogens is 354 g/mol. The fraction of sp³-hybridized carbons (Fsp3) is 0.421. The van der Waals surface area contributed by atoms with Gasteiger partial charge in [0.1, 0.15) is 11.6 Å². The van der Waals surface area contributed by atoms with Crippen molar-refractivity contribution >= 4 is 29.1 Å². The maximum atomic E-state index is 13.1. The molecule has 0 aliphatic carbocycles. The van der Waals surface area contributed by atoms with E-state index in [4.69, 9.17) is 16.1 Å². The molecule has 138 valence electrons. The van der Waals surface area contributed by atoms with Crippen LogP contribution in [0.2, 0.25) is 5.02 Å². The molecule has 3 rings (SSSR count). The number of hydrogen-bond acceptors (Lipinski definition) is 4. The Kier molecular flexibility index (Phi) is 5.32. The fourth-order valence-corrected chi connectivity index (χ4v) is 3.35. The van der Waals surface area contributed by atoms with Crippen molar-refractivity contribution in [2.24, 2.45) is 0 Å². The molecule has 2 heterocycles. The van der Waals surface area contributed by atoms with Gasteiger partial charge in [0.25, 0.3) is 5.91 Å². The molecule has 0 radical (unpaired) electrons. The molecule has 2 aromatic rings. The predicted molar refractivity (Wildman–Crippen MR) is 99.5 cm³/mol. The third kappa shape index (κ3) is 3.60. The molecule has 1 aromatic carbocycles. The number of carbonyl (C=O) groups is 2. The maximum absolute atomic E-state index is 13.1. The lowest BCUT2D eigenvalue weighted by Crippen LogP contribution is -2.43. The summed E-state index contributed by atoms with van der Waals surface area (Å²) in [6.45, 7) is 6.19. The molecule has 7 heteroatoms. The quantitative estimate of drug-likeness (QED) is 0.876. The van der Waals surface area contributed by atoms with E-state index in [1.54, 1.807) is 36.1 Å². The summed E-state index contributed by atoms with van der Waals surface area (Å²) in [4.78, 5) is 27.4. The molecule has 1 saturated heterocycles. The van der Waals surface area contributed by atoms with Gasteiger partial charge in [-0.1, -0.05) is 30.6 Å². The SMILES string of the molecule is Cc1noc(C(C)C)c1C(=O)N1CCCC1C(=O)Nc1ccc(Cl)cc1. The summed E-state index contributed by atoms with van der Waals surface area (Å²) < 4.78 is 5.33. The lowest BCUT2D eigenvalue weighted by molar-refractivity contribution is -0.119. The summed E-state index contributed by atoms with van der Waals surface area (Å²) in [6.07, 6.45) is 1.41. The smallest absolute Gasteiger partial charge is 0.260 e. The Morgan fingerprint density at radius 3 is 2.65 bits per heavy atom. The standard InChI is InChI=1S/C19H22ClN3O3/c1-11(2)17-16(12(3)22-26-17)19(25)23-10-4-5-15(23)18(24)21-14-8-6-13(20)7-9-14/h6-9,11,15H,4-5,10H2,1-3H3,(H,21,24). The number of halogens is 1. The van der Waals surface area contributed by atoms with Gasteiger partial charge in [0.05, 0.1) is 5.69 Å². The van der Waals surface area contributed by atoms with Crippen LogP contribution in [0.15, 0.2) is 28.8 Å². The predicted octanol–water partition coefficient (Wildman–Crippen LogP) is 4.00. The van der Waals surface area contributed by atoms with Crippen LogP contribution in [0, 0.1) is 6.92 Å². The molecule has 0 bridgehead atoms. The number of benzene rings is 1. The molecule has 1 fully saturated rings. The van der Waals surface area contributed by atoms with Crippen molar-refractivity contribution in [2.75, 3.05) is 11.9 Å². The molecular formula is C19H22ClN3O3. The van der Waals surface area contributed by atoms with E-state index >= 15 is 0 Å². The topological polar surface area (TPSA) is 75.4 Å². The molecule has 1 unspecified atom stereocenters. The van der Waals surface area contributed by atoms with E-state index in [1.165, 1.54) is 0 Å². The minimum absolute atomic E-state index is 0.0408. The van der Waals surface area contributed by atoms with E-state index in [0.29, 0.717) is 40.7 Å². The highest BCUT2D eigenvalue weighted by molar-refractivity contribution is 6.30. The van der Waals surface area contributed by atoms with Gasteiger partial charge >= 0.3 is 0 Å². The average molecular weight is 376 g/mol. The number of aromatic nitrogens is 1. The largest absolute Gasteiger partial charge is 0.360 e. The molecule has 26 heavy (non-hydrogen) atoms. The van der Waals surface area contributed by atoms with Gasteiger partial charge in [-0.05, 0) is 44.0 Å². The first kappa shape index (κ1) is 18.5. The first-order valence-electron chi connectivity index (χ1n) is 8.72. The summed E-state index contributed by atoms with van der Waals surface area (Å²) in [6, 6.07) is 6.39. The first-order valence-corrected chi connectivity index (χ1v) is 9.10. The number of anilines is 1. The minimum atomic E-state index is -0.507. The molecule has 2 amide bonds. The number of amides is 2. The van der Waals surface area contributed by atoms with Gasteiger partial charge < -0.3 is 14.7 Å². The Balaban J connectivity index is 1.79. The Labute approximate surface area is 157 Å². The van der Waals surface area contributed by atoms with E-state index in [2.05, 4.69) is 10.5 Å². The molecule has 1 N–H and O–H groups in total. The highest BCUT2D eigenvalue weighted by Gasteiger charge is 2.37. The van der Waals surface area contributed by atoms with Crippen molar-refractivity contribution in [3.8, 4) is 0 Å². The van der Waals surface area contributed by atoms with Crippen LogP contribution in [0.25, 0.3) is 0 Å². The summed E-state index contributed by atoms with van der Waals surface area (Å²) in [7, 11) is 0. The number of nitrogens with one attached hydrogen (secondary N) is 1. The van der Waals surface area contributed by atoms with Crippen molar-refractivity contribution in [2.45, 2.75) is 45.6 Å². The van der Waals surface area contributed by atoms with Crippen molar-refractivity contribution < 1.29 is 14.1 Å².